The molecule has 1 aromatic rings. The summed E-state index contributed by atoms with van der Waals surface area (Å²) in [6, 6.07) is 6.04. The number of benzene rings is 1. The van der Waals surface area contributed by atoms with Crippen LogP contribution in [0, 0.1) is 0 Å². The monoisotopic (exact) mass is 150 g/mol. The lowest BCUT2D eigenvalue weighted by Gasteiger charge is -2.04. The standard InChI is InChI=1S/C9H14N2/c1-3-7-4-8(10)6-9(5-7)11-2/h4-6,11H,3,10H2,1-2H3. The lowest BCUT2D eigenvalue weighted by atomic mass is 10.1. The van der Waals surface area contributed by atoms with E-state index in [9.17, 15) is 0 Å². The zero-order valence-electron chi connectivity index (χ0n) is 7.02. The van der Waals surface area contributed by atoms with Gasteiger partial charge in [-0.15, -0.1) is 0 Å². The Balaban J connectivity index is 3.02. The summed E-state index contributed by atoms with van der Waals surface area (Å²) in [4.78, 5) is 0. The van der Waals surface area contributed by atoms with Gasteiger partial charge < -0.3 is 11.1 Å². The normalized spacial score (nSPS) is 9.64. The summed E-state index contributed by atoms with van der Waals surface area (Å²) in [5.74, 6) is 0. The van der Waals surface area contributed by atoms with E-state index in [1.54, 1.807) is 0 Å². The number of nitrogens with one attached hydrogen (secondary N) is 1. The van der Waals surface area contributed by atoms with Crippen molar-refractivity contribution in [3.63, 3.8) is 0 Å². The third-order valence-electron chi connectivity index (χ3n) is 1.71. The van der Waals surface area contributed by atoms with E-state index in [0.29, 0.717) is 0 Å². The summed E-state index contributed by atoms with van der Waals surface area (Å²) < 4.78 is 0. The SMILES string of the molecule is CCc1cc(N)cc(NC)c1. The Morgan fingerprint density at radius 3 is 2.64 bits per heavy atom. The van der Waals surface area contributed by atoms with E-state index < -0.39 is 0 Å². The summed E-state index contributed by atoms with van der Waals surface area (Å²) >= 11 is 0. The van der Waals surface area contributed by atoms with E-state index in [2.05, 4.69) is 18.3 Å². The molecule has 0 heterocycles. The van der Waals surface area contributed by atoms with Crippen molar-refractivity contribution < 1.29 is 0 Å². The third-order valence-corrected chi connectivity index (χ3v) is 1.71. The fourth-order valence-corrected chi connectivity index (χ4v) is 1.07. The van der Waals surface area contributed by atoms with Crippen LogP contribution >= 0.6 is 0 Å². The Morgan fingerprint density at radius 2 is 2.09 bits per heavy atom. The fraction of sp³-hybridized carbons (Fsp3) is 0.333. The van der Waals surface area contributed by atoms with Crippen molar-refractivity contribution in [3.05, 3.63) is 23.8 Å². The number of anilines is 2. The van der Waals surface area contributed by atoms with Gasteiger partial charge in [-0.1, -0.05) is 6.92 Å². The highest BCUT2D eigenvalue weighted by Gasteiger charge is 1.94. The van der Waals surface area contributed by atoms with E-state index in [1.165, 1.54) is 5.56 Å². The molecule has 1 rings (SSSR count). The van der Waals surface area contributed by atoms with Crippen LogP contribution in [0.5, 0.6) is 0 Å². The summed E-state index contributed by atoms with van der Waals surface area (Å²) in [6.45, 7) is 2.12. The average molecular weight is 150 g/mol. The summed E-state index contributed by atoms with van der Waals surface area (Å²) in [6.07, 6.45) is 1.03. The first-order chi connectivity index (χ1) is 5.26. The van der Waals surface area contributed by atoms with Crippen molar-refractivity contribution in [2.45, 2.75) is 13.3 Å². The molecule has 2 heteroatoms. The zero-order chi connectivity index (χ0) is 8.27. The van der Waals surface area contributed by atoms with E-state index in [-0.39, 0.29) is 0 Å². The Labute approximate surface area is 67.4 Å². The van der Waals surface area contributed by atoms with Crippen molar-refractivity contribution in [1.82, 2.24) is 0 Å². The molecular formula is C9H14N2. The molecule has 0 spiro atoms. The van der Waals surface area contributed by atoms with Crippen molar-refractivity contribution in [1.29, 1.82) is 0 Å². The van der Waals surface area contributed by atoms with Crippen LogP contribution in [0.2, 0.25) is 0 Å². The highest BCUT2D eigenvalue weighted by molar-refractivity contribution is 5.56. The number of hydrogen-bond acceptors (Lipinski definition) is 2. The number of rotatable bonds is 2. The minimum Gasteiger partial charge on any atom is -0.399 e. The van der Waals surface area contributed by atoms with Crippen LogP contribution in [0.25, 0.3) is 0 Å². The number of nitrogens with two attached hydrogens (primary N) is 1. The molecule has 11 heavy (non-hydrogen) atoms. The molecule has 0 aliphatic carbocycles. The van der Waals surface area contributed by atoms with Crippen molar-refractivity contribution in [3.8, 4) is 0 Å². The van der Waals surface area contributed by atoms with Gasteiger partial charge in [0, 0.05) is 18.4 Å². The van der Waals surface area contributed by atoms with Crippen molar-refractivity contribution in [2.75, 3.05) is 18.1 Å². The van der Waals surface area contributed by atoms with Gasteiger partial charge >= 0.3 is 0 Å². The predicted octanol–water partition coefficient (Wildman–Crippen LogP) is 1.87. The first-order valence-electron chi connectivity index (χ1n) is 3.83. The van der Waals surface area contributed by atoms with Gasteiger partial charge in [0.25, 0.3) is 0 Å². The van der Waals surface area contributed by atoms with Gasteiger partial charge in [-0.2, -0.15) is 0 Å². The second kappa shape index (κ2) is 3.28. The minimum atomic E-state index is 0.828. The molecule has 60 valence electrons. The minimum absolute atomic E-state index is 0.828. The Kier molecular flexibility index (Phi) is 2.36. The van der Waals surface area contributed by atoms with Crippen LogP contribution in [-0.4, -0.2) is 7.05 Å². The molecule has 0 radical (unpaired) electrons. The van der Waals surface area contributed by atoms with Gasteiger partial charge in [0.2, 0.25) is 0 Å². The van der Waals surface area contributed by atoms with Crippen LogP contribution in [-0.2, 0) is 6.42 Å². The largest absolute Gasteiger partial charge is 0.399 e. The van der Waals surface area contributed by atoms with Crippen LogP contribution in [0.1, 0.15) is 12.5 Å². The smallest absolute Gasteiger partial charge is 0.0360 e. The first kappa shape index (κ1) is 7.92. The van der Waals surface area contributed by atoms with E-state index in [4.69, 9.17) is 5.73 Å². The first-order valence-corrected chi connectivity index (χ1v) is 3.83. The maximum Gasteiger partial charge on any atom is 0.0360 e. The molecule has 0 bridgehead atoms. The molecule has 2 nitrogen and oxygen atoms in total. The van der Waals surface area contributed by atoms with Crippen molar-refractivity contribution in [2.24, 2.45) is 0 Å². The highest BCUT2D eigenvalue weighted by Crippen LogP contribution is 2.15. The quantitative estimate of drug-likeness (QED) is 0.632. The van der Waals surface area contributed by atoms with Gasteiger partial charge in [0.1, 0.15) is 0 Å². The Bertz CT molecular complexity index is 221. The van der Waals surface area contributed by atoms with Crippen LogP contribution in [0.4, 0.5) is 11.4 Å². The molecule has 0 atom stereocenters. The van der Waals surface area contributed by atoms with Gasteiger partial charge in [-0.3, -0.25) is 0 Å². The fourth-order valence-electron chi connectivity index (χ4n) is 1.07. The number of hydrogen-bond donors (Lipinski definition) is 2. The predicted molar refractivity (Wildman–Crippen MR) is 49.8 cm³/mol. The van der Waals surface area contributed by atoms with E-state index in [1.807, 2.05) is 19.2 Å². The van der Waals surface area contributed by atoms with Gasteiger partial charge in [-0.05, 0) is 30.2 Å². The molecule has 0 aliphatic rings. The van der Waals surface area contributed by atoms with Crippen LogP contribution in [0.15, 0.2) is 18.2 Å². The molecule has 3 N–H and O–H groups in total. The molecule has 0 amide bonds. The number of aryl methyl sites for hydroxylation is 1. The number of nitrogen functional groups attached to an aromatic ring is 1. The molecular weight excluding hydrogens is 136 g/mol. The Morgan fingerprint density at radius 1 is 1.36 bits per heavy atom. The van der Waals surface area contributed by atoms with Crippen LogP contribution < -0.4 is 11.1 Å². The molecule has 0 unspecified atom stereocenters. The van der Waals surface area contributed by atoms with E-state index >= 15 is 0 Å². The van der Waals surface area contributed by atoms with Crippen molar-refractivity contribution >= 4 is 11.4 Å². The van der Waals surface area contributed by atoms with Gasteiger partial charge in [-0.25, -0.2) is 0 Å². The summed E-state index contributed by atoms with van der Waals surface area (Å²) in [7, 11) is 1.90. The topological polar surface area (TPSA) is 38.0 Å². The maximum atomic E-state index is 5.67. The summed E-state index contributed by atoms with van der Waals surface area (Å²) in [5, 5.41) is 3.06. The molecule has 0 fully saturated rings. The lowest BCUT2D eigenvalue weighted by Crippen LogP contribution is -1.93. The average Bonchev–Trinajstić information content (AvgIpc) is 2.03. The molecule has 1 aromatic carbocycles. The second-order valence-electron chi connectivity index (χ2n) is 2.57. The molecule has 0 aromatic heterocycles. The van der Waals surface area contributed by atoms with Gasteiger partial charge in [0.15, 0.2) is 0 Å². The van der Waals surface area contributed by atoms with E-state index in [0.717, 1.165) is 17.8 Å². The molecule has 0 saturated carbocycles. The van der Waals surface area contributed by atoms with Gasteiger partial charge in [0.05, 0.1) is 0 Å². The third kappa shape index (κ3) is 1.87. The Hall–Kier alpha value is -1.18. The molecule has 0 aliphatic heterocycles. The highest BCUT2D eigenvalue weighted by atomic mass is 14.8. The lowest BCUT2D eigenvalue weighted by molar-refractivity contribution is 1.14. The molecule has 0 saturated heterocycles. The zero-order valence-corrected chi connectivity index (χ0v) is 7.02. The van der Waals surface area contributed by atoms with Crippen LogP contribution in [0.3, 0.4) is 0 Å². The summed E-state index contributed by atoms with van der Waals surface area (Å²) in [5.41, 5.74) is 8.86. The second-order valence-corrected chi connectivity index (χ2v) is 2.57. The maximum absolute atomic E-state index is 5.67.